The molecule has 0 radical (unpaired) electrons. The molecule has 0 fully saturated rings. The summed E-state index contributed by atoms with van der Waals surface area (Å²) in [5, 5.41) is 0. The van der Waals surface area contributed by atoms with Crippen molar-refractivity contribution in [3.8, 4) is 0 Å². The zero-order chi connectivity index (χ0) is 10.7. The Labute approximate surface area is 86.1 Å². The molecule has 0 atom stereocenters. The van der Waals surface area contributed by atoms with E-state index >= 15 is 0 Å². The maximum Gasteiger partial charge on any atom is 0.137 e. The molecular formula is C13H18O. The number of ketones is 1. The van der Waals surface area contributed by atoms with Gasteiger partial charge in [-0.25, -0.2) is 0 Å². The number of aryl methyl sites for hydroxylation is 2. The minimum absolute atomic E-state index is 0.321. The first-order valence-corrected chi connectivity index (χ1v) is 5.13. The Morgan fingerprint density at radius 3 is 2.29 bits per heavy atom. The number of benzene rings is 1. The fraction of sp³-hybridized carbons (Fsp3) is 0.462. The molecule has 0 aliphatic rings. The Kier molecular flexibility index (Phi) is 3.45. The highest BCUT2D eigenvalue weighted by Gasteiger charge is 2.08. The van der Waals surface area contributed by atoms with Gasteiger partial charge < -0.3 is 0 Å². The zero-order valence-electron chi connectivity index (χ0n) is 9.48. The molecule has 0 aliphatic carbocycles. The van der Waals surface area contributed by atoms with Gasteiger partial charge in [-0.05, 0) is 43.0 Å². The van der Waals surface area contributed by atoms with Crippen LogP contribution in [0.2, 0.25) is 0 Å². The van der Waals surface area contributed by atoms with Crippen molar-refractivity contribution in [2.45, 2.75) is 40.5 Å². The molecule has 0 N–H and O–H groups in total. The van der Waals surface area contributed by atoms with E-state index < -0.39 is 0 Å². The fourth-order valence-electron chi connectivity index (χ4n) is 1.60. The molecule has 0 saturated heterocycles. The summed E-state index contributed by atoms with van der Waals surface area (Å²) >= 11 is 0. The molecule has 1 rings (SSSR count). The number of carbonyl (C=O) groups excluding carboxylic acids is 1. The molecule has 1 aromatic rings. The zero-order valence-corrected chi connectivity index (χ0v) is 9.48. The average molecular weight is 190 g/mol. The van der Waals surface area contributed by atoms with E-state index in [0.717, 1.165) is 0 Å². The molecule has 0 unspecified atom stereocenters. The highest BCUT2D eigenvalue weighted by molar-refractivity contribution is 5.81. The fourth-order valence-corrected chi connectivity index (χ4v) is 1.60. The molecule has 0 spiro atoms. The Morgan fingerprint density at radius 2 is 1.71 bits per heavy atom. The third kappa shape index (κ3) is 2.22. The molecule has 0 bridgehead atoms. The van der Waals surface area contributed by atoms with Crippen LogP contribution in [0.1, 0.15) is 35.6 Å². The van der Waals surface area contributed by atoms with Crippen molar-refractivity contribution in [1.82, 2.24) is 0 Å². The highest BCUT2D eigenvalue weighted by atomic mass is 16.1. The summed E-state index contributed by atoms with van der Waals surface area (Å²) in [6.45, 7) is 8.18. The quantitative estimate of drug-likeness (QED) is 0.715. The third-order valence-corrected chi connectivity index (χ3v) is 2.87. The SMILES string of the molecule is CCC(=O)Cc1c(C)ccc(C)c1C. The van der Waals surface area contributed by atoms with Gasteiger partial charge in [0.1, 0.15) is 5.78 Å². The number of hydrogen-bond acceptors (Lipinski definition) is 1. The van der Waals surface area contributed by atoms with E-state index in [4.69, 9.17) is 0 Å². The van der Waals surface area contributed by atoms with Crippen molar-refractivity contribution >= 4 is 5.78 Å². The maximum atomic E-state index is 11.4. The minimum Gasteiger partial charge on any atom is -0.299 e. The first kappa shape index (κ1) is 11.0. The molecule has 76 valence electrons. The lowest BCUT2D eigenvalue weighted by Gasteiger charge is -2.11. The van der Waals surface area contributed by atoms with Gasteiger partial charge in [0.05, 0.1) is 0 Å². The molecular weight excluding hydrogens is 172 g/mol. The topological polar surface area (TPSA) is 17.1 Å². The van der Waals surface area contributed by atoms with Gasteiger partial charge >= 0.3 is 0 Å². The van der Waals surface area contributed by atoms with E-state index in [0.29, 0.717) is 18.6 Å². The van der Waals surface area contributed by atoms with Crippen LogP contribution in [0.25, 0.3) is 0 Å². The number of Topliss-reactive ketones (excluding diaryl/α,β-unsaturated/α-hetero) is 1. The van der Waals surface area contributed by atoms with Crippen LogP contribution >= 0.6 is 0 Å². The lowest BCUT2D eigenvalue weighted by molar-refractivity contribution is -0.118. The predicted molar refractivity (Wildman–Crippen MR) is 59.7 cm³/mol. The molecule has 0 amide bonds. The summed E-state index contributed by atoms with van der Waals surface area (Å²) in [5.74, 6) is 0.321. The lowest BCUT2D eigenvalue weighted by Crippen LogP contribution is -2.05. The van der Waals surface area contributed by atoms with Gasteiger partial charge in [-0.2, -0.15) is 0 Å². The maximum absolute atomic E-state index is 11.4. The van der Waals surface area contributed by atoms with Crippen molar-refractivity contribution in [2.75, 3.05) is 0 Å². The van der Waals surface area contributed by atoms with Crippen molar-refractivity contribution in [3.05, 3.63) is 34.4 Å². The second-order valence-electron chi connectivity index (χ2n) is 3.87. The van der Waals surface area contributed by atoms with Crippen molar-refractivity contribution in [3.63, 3.8) is 0 Å². The Balaban J connectivity index is 3.06. The van der Waals surface area contributed by atoms with Crippen molar-refractivity contribution in [2.24, 2.45) is 0 Å². The second kappa shape index (κ2) is 4.41. The smallest absolute Gasteiger partial charge is 0.137 e. The van der Waals surface area contributed by atoms with Gasteiger partial charge in [-0.1, -0.05) is 19.1 Å². The van der Waals surface area contributed by atoms with E-state index in [1.807, 2.05) is 6.92 Å². The standard InChI is InChI=1S/C13H18O/c1-5-12(14)8-13-10(3)7-6-9(2)11(13)4/h6-7H,5,8H2,1-4H3. The molecule has 0 saturated carbocycles. The van der Waals surface area contributed by atoms with Gasteiger partial charge in [0.2, 0.25) is 0 Å². The number of hydrogen-bond donors (Lipinski definition) is 0. The van der Waals surface area contributed by atoms with Crippen LogP contribution in [0.5, 0.6) is 0 Å². The van der Waals surface area contributed by atoms with E-state index in [9.17, 15) is 4.79 Å². The Bertz CT molecular complexity index is 350. The molecule has 0 heterocycles. The third-order valence-electron chi connectivity index (χ3n) is 2.87. The van der Waals surface area contributed by atoms with Crippen LogP contribution < -0.4 is 0 Å². The minimum atomic E-state index is 0.321. The summed E-state index contributed by atoms with van der Waals surface area (Å²) in [7, 11) is 0. The van der Waals surface area contributed by atoms with Crippen LogP contribution in [-0.4, -0.2) is 5.78 Å². The van der Waals surface area contributed by atoms with Gasteiger partial charge in [0, 0.05) is 12.8 Å². The molecule has 0 aromatic heterocycles. The normalized spacial score (nSPS) is 10.3. The summed E-state index contributed by atoms with van der Waals surface area (Å²) in [4.78, 5) is 11.4. The predicted octanol–water partition coefficient (Wildman–Crippen LogP) is 3.13. The Morgan fingerprint density at radius 1 is 1.14 bits per heavy atom. The summed E-state index contributed by atoms with van der Waals surface area (Å²) < 4.78 is 0. The Hall–Kier alpha value is -1.11. The van der Waals surface area contributed by atoms with Gasteiger partial charge in [0.15, 0.2) is 0 Å². The van der Waals surface area contributed by atoms with E-state index in [1.165, 1.54) is 22.3 Å². The first-order valence-electron chi connectivity index (χ1n) is 5.13. The van der Waals surface area contributed by atoms with Gasteiger partial charge in [0.25, 0.3) is 0 Å². The first-order chi connectivity index (χ1) is 6.56. The second-order valence-corrected chi connectivity index (χ2v) is 3.87. The van der Waals surface area contributed by atoms with Crippen LogP contribution in [-0.2, 0) is 11.2 Å². The molecule has 0 aliphatic heterocycles. The number of carbonyl (C=O) groups is 1. The number of rotatable bonds is 3. The van der Waals surface area contributed by atoms with Gasteiger partial charge in [-0.3, -0.25) is 4.79 Å². The summed E-state index contributed by atoms with van der Waals surface area (Å²) in [5.41, 5.74) is 4.99. The highest BCUT2D eigenvalue weighted by Crippen LogP contribution is 2.18. The lowest BCUT2D eigenvalue weighted by atomic mass is 9.94. The van der Waals surface area contributed by atoms with Crippen LogP contribution in [0.4, 0.5) is 0 Å². The van der Waals surface area contributed by atoms with Crippen LogP contribution in [0.3, 0.4) is 0 Å². The van der Waals surface area contributed by atoms with Crippen LogP contribution in [0.15, 0.2) is 12.1 Å². The van der Waals surface area contributed by atoms with Crippen LogP contribution in [0, 0.1) is 20.8 Å². The van der Waals surface area contributed by atoms with E-state index in [2.05, 4.69) is 32.9 Å². The summed E-state index contributed by atoms with van der Waals surface area (Å²) in [6, 6.07) is 4.21. The molecule has 1 nitrogen and oxygen atoms in total. The largest absolute Gasteiger partial charge is 0.299 e. The summed E-state index contributed by atoms with van der Waals surface area (Å²) in [6.07, 6.45) is 1.22. The van der Waals surface area contributed by atoms with Crippen molar-refractivity contribution in [1.29, 1.82) is 0 Å². The molecule has 1 aromatic carbocycles. The van der Waals surface area contributed by atoms with Gasteiger partial charge in [-0.15, -0.1) is 0 Å². The monoisotopic (exact) mass is 190 g/mol. The van der Waals surface area contributed by atoms with Crippen molar-refractivity contribution < 1.29 is 4.79 Å². The molecule has 14 heavy (non-hydrogen) atoms. The van der Waals surface area contributed by atoms with E-state index in [1.54, 1.807) is 0 Å². The molecule has 1 heteroatoms. The van der Waals surface area contributed by atoms with E-state index in [-0.39, 0.29) is 0 Å². The average Bonchev–Trinajstić information content (AvgIpc) is 2.18.